The summed E-state index contributed by atoms with van der Waals surface area (Å²) in [5.74, 6) is 1.83. The second-order valence-electron chi connectivity index (χ2n) is 8.97. The van der Waals surface area contributed by atoms with Crippen LogP contribution in [0.1, 0.15) is 49.7 Å². The monoisotopic (exact) mass is 417 g/mol. The van der Waals surface area contributed by atoms with Gasteiger partial charge in [-0.15, -0.1) is 0 Å². The summed E-state index contributed by atoms with van der Waals surface area (Å²) in [6.07, 6.45) is 6.89. The van der Waals surface area contributed by atoms with E-state index in [-0.39, 0.29) is 5.41 Å². The molecule has 1 aliphatic heterocycles. The van der Waals surface area contributed by atoms with Crippen LogP contribution < -0.4 is 15.4 Å². The van der Waals surface area contributed by atoms with Gasteiger partial charge in [0.25, 0.3) is 0 Å². The molecular weight excluding hydrogens is 378 g/mol. The van der Waals surface area contributed by atoms with Crippen molar-refractivity contribution in [1.82, 2.24) is 10.6 Å². The minimum absolute atomic E-state index is 0.0303. The third-order valence-corrected chi connectivity index (χ3v) is 7.08. The predicted molar refractivity (Wildman–Crippen MR) is 122 cm³/mol. The summed E-state index contributed by atoms with van der Waals surface area (Å²) in [5, 5.41) is 7.21. The lowest BCUT2D eigenvalue weighted by molar-refractivity contribution is 0.0504. The molecule has 0 spiro atoms. The Bertz CT molecular complexity index is 710. The molecule has 1 aromatic rings. The molecule has 1 saturated heterocycles. The Morgan fingerprint density at radius 3 is 2.43 bits per heavy atom. The molecule has 0 amide bonds. The molecule has 0 unspecified atom stereocenters. The fraction of sp³-hybridized carbons (Fsp3) is 0.708. The molecular formula is C24H39N3O3. The summed E-state index contributed by atoms with van der Waals surface area (Å²) in [4.78, 5) is 4.50. The van der Waals surface area contributed by atoms with Crippen LogP contribution in [-0.2, 0) is 14.9 Å². The van der Waals surface area contributed by atoms with E-state index < -0.39 is 0 Å². The Morgan fingerprint density at radius 2 is 1.83 bits per heavy atom. The first-order chi connectivity index (χ1) is 14.6. The second kappa shape index (κ2) is 10.5. The van der Waals surface area contributed by atoms with Crippen molar-refractivity contribution in [2.45, 2.75) is 50.9 Å². The highest BCUT2D eigenvalue weighted by atomic mass is 16.5. The van der Waals surface area contributed by atoms with Gasteiger partial charge in [0.2, 0.25) is 0 Å². The number of nitrogens with zero attached hydrogens (tertiary/aromatic N) is 1. The Morgan fingerprint density at radius 1 is 1.10 bits per heavy atom. The highest BCUT2D eigenvalue weighted by Crippen LogP contribution is 2.43. The fourth-order valence-electron chi connectivity index (χ4n) is 4.80. The van der Waals surface area contributed by atoms with Crippen LogP contribution in [0.5, 0.6) is 5.75 Å². The topological polar surface area (TPSA) is 64.1 Å². The molecule has 0 atom stereocenters. The van der Waals surface area contributed by atoms with Crippen molar-refractivity contribution in [3.63, 3.8) is 0 Å². The number of methoxy groups -OCH3 is 2. The number of hydrogen-bond donors (Lipinski definition) is 2. The second-order valence-corrected chi connectivity index (χ2v) is 8.97. The average Bonchev–Trinajstić information content (AvgIpc) is 2.75. The van der Waals surface area contributed by atoms with E-state index in [0.717, 1.165) is 63.9 Å². The van der Waals surface area contributed by atoms with Gasteiger partial charge in [-0.05, 0) is 50.5 Å². The van der Waals surface area contributed by atoms with Crippen LogP contribution in [0.25, 0.3) is 0 Å². The van der Waals surface area contributed by atoms with E-state index in [2.05, 4.69) is 40.7 Å². The number of aryl methyl sites for hydroxylation is 1. The number of benzene rings is 1. The number of rotatable bonds is 9. The minimum atomic E-state index is -0.0303. The van der Waals surface area contributed by atoms with Gasteiger partial charge in [0.05, 0.1) is 7.11 Å². The quantitative estimate of drug-likeness (QED) is 0.476. The van der Waals surface area contributed by atoms with E-state index in [1.807, 2.05) is 7.05 Å². The van der Waals surface area contributed by atoms with Gasteiger partial charge in [-0.3, -0.25) is 4.99 Å². The number of nitrogens with one attached hydrogen (secondary N) is 2. The molecule has 1 saturated carbocycles. The van der Waals surface area contributed by atoms with Crippen molar-refractivity contribution < 1.29 is 14.2 Å². The van der Waals surface area contributed by atoms with Gasteiger partial charge in [-0.1, -0.05) is 24.1 Å². The normalized spacial score (nSPS) is 20.3. The van der Waals surface area contributed by atoms with Crippen LogP contribution in [0.3, 0.4) is 0 Å². The van der Waals surface area contributed by atoms with E-state index in [9.17, 15) is 0 Å². The summed E-state index contributed by atoms with van der Waals surface area (Å²) in [6.45, 7) is 6.25. The molecule has 1 aliphatic carbocycles. The van der Waals surface area contributed by atoms with Crippen molar-refractivity contribution in [2.75, 3.05) is 54.2 Å². The van der Waals surface area contributed by atoms with Crippen LogP contribution in [0, 0.1) is 12.3 Å². The van der Waals surface area contributed by atoms with E-state index in [0.29, 0.717) is 5.41 Å². The molecule has 6 heteroatoms. The first-order valence-corrected chi connectivity index (χ1v) is 11.2. The van der Waals surface area contributed by atoms with Crippen LogP contribution in [0.2, 0.25) is 0 Å². The Kier molecular flexibility index (Phi) is 8.00. The molecule has 0 radical (unpaired) electrons. The summed E-state index contributed by atoms with van der Waals surface area (Å²) < 4.78 is 16.8. The lowest BCUT2D eigenvalue weighted by Gasteiger charge is -2.43. The standard InChI is InChI=1S/C24H39N3O3/c1-19-6-7-21(29-4)20(16-19)24(11-14-30-15-12-24)18-27-22(25-2)26-17-23(8-5-9-23)10-13-28-3/h6-7,16H,5,8-15,17-18H2,1-4H3,(H2,25,26,27). The van der Waals surface area contributed by atoms with Gasteiger partial charge in [-0.2, -0.15) is 0 Å². The highest BCUT2D eigenvalue weighted by Gasteiger charge is 2.38. The smallest absolute Gasteiger partial charge is 0.191 e. The summed E-state index contributed by atoms with van der Waals surface area (Å²) in [6, 6.07) is 6.47. The number of aliphatic imine (C=N–C) groups is 1. The molecule has 1 aromatic carbocycles. The Balaban J connectivity index is 1.69. The largest absolute Gasteiger partial charge is 0.496 e. The molecule has 0 aromatic heterocycles. The van der Waals surface area contributed by atoms with Gasteiger partial charge in [0.15, 0.2) is 5.96 Å². The molecule has 6 nitrogen and oxygen atoms in total. The van der Waals surface area contributed by atoms with E-state index in [4.69, 9.17) is 14.2 Å². The SMILES string of the molecule is CN=C(NCC1(CCOC)CCC1)NCC1(c2cc(C)ccc2OC)CCOCC1. The number of guanidine groups is 1. The highest BCUT2D eigenvalue weighted by molar-refractivity contribution is 5.79. The fourth-order valence-corrected chi connectivity index (χ4v) is 4.80. The van der Waals surface area contributed by atoms with Crippen molar-refractivity contribution in [3.05, 3.63) is 29.3 Å². The van der Waals surface area contributed by atoms with Crippen molar-refractivity contribution in [2.24, 2.45) is 10.4 Å². The number of ether oxygens (including phenoxy) is 3. The third kappa shape index (κ3) is 5.27. The zero-order valence-corrected chi connectivity index (χ0v) is 19.2. The molecule has 0 bridgehead atoms. The zero-order chi connectivity index (χ0) is 21.5. The maximum absolute atomic E-state index is 5.74. The van der Waals surface area contributed by atoms with E-state index >= 15 is 0 Å². The molecule has 3 rings (SSSR count). The molecule has 2 aliphatic rings. The summed E-state index contributed by atoms with van der Waals surface area (Å²) in [5.41, 5.74) is 2.84. The van der Waals surface area contributed by atoms with Crippen molar-refractivity contribution in [1.29, 1.82) is 0 Å². The van der Waals surface area contributed by atoms with Gasteiger partial charge >= 0.3 is 0 Å². The van der Waals surface area contributed by atoms with Crippen LogP contribution >= 0.6 is 0 Å². The van der Waals surface area contributed by atoms with Crippen LogP contribution in [-0.4, -0.2) is 60.1 Å². The molecule has 1 heterocycles. The number of hydrogen-bond acceptors (Lipinski definition) is 4. The first kappa shape index (κ1) is 22.9. The van der Waals surface area contributed by atoms with Crippen LogP contribution in [0.4, 0.5) is 0 Å². The average molecular weight is 418 g/mol. The summed E-state index contributed by atoms with van der Waals surface area (Å²) >= 11 is 0. The Hall–Kier alpha value is -1.79. The van der Waals surface area contributed by atoms with Crippen molar-refractivity contribution >= 4 is 5.96 Å². The maximum atomic E-state index is 5.74. The lowest BCUT2D eigenvalue weighted by atomic mass is 9.67. The first-order valence-electron chi connectivity index (χ1n) is 11.2. The summed E-state index contributed by atoms with van der Waals surface area (Å²) in [7, 11) is 5.39. The molecule has 2 fully saturated rings. The van der Waals surface area contributed by atoms with E-state index in [1.165, 1.54) is 30.4 Å². The Labute approximate surface area is 181 Å². The molecule has 30 heavy (non-hydrogen) atoms. The minimum Gasteiger partial charge on any atom is -0.496 e. The van der Waals surface area contributed by atoms with Crippen molar-refractivity contribution in [3.8, 4) is 5.75 Å². The molecule has 2 N–H and O–H groups in total. The van der Waals surface area contributed by atoms with Gasteiger partial charge < -0.3 is 24.8 Å². The third-order valence-electron chi connectivity index (χ3n) is 7.08. The predicted octanol–water partition coefficient (Wildman–Crippen LogP) is 3.42. The van der Waals surface area contributed by atoms with Gasteiger partial charge in [-0.25, -0.2) is 0 Å². The maximum Gasteiger partial charge on any atom is 0.191 e. The molecule has 168 valence electrons. The van der Waals surface area contributed by atoms with Gasteiger partial charge in [0.1, 0.15) is 5.75 Å². The zero-order valence-electron chi connectivity index (χ0n) is 19.2. The van der Waals surface area contributed by atoms with E-state index in [1.54, 1.807) is 14.2 Å². The van der Waals surface area contributed by atoms with Crippen LogP contribution in [0.15, 0.2) is 23.2 Å². The lowest BCUT2D eigenvalue weighted by Crippen LogP contribution is -2.51. The van der Waals surface area contributed by atoms with Gasteiger partial charge in [0, 0.05) is 58.0 Å².